The number of nitrogens with one attached hydrogen (secondary N) is 1. The van der Waals surface area contributed by atoms with E-state index >= 15 is 0 Å². The Bertz CT molecular complexity index is 88.1. The molecular weight excluding hydrogens is 124 g/mol. The van der Waals surface area contributed by atoms with Gasteiger partial charge in [0.1, 0.15) is 0 Å². The minimum absolute atomic E-state index is 0. The van der Waals surface area contributed by atoms with Crippen LogP contribution in [0.3, 0.4) is 0 Å². The van der Waals surface area contributed by atoms with Gasteiger partial charge in [0, 0.05) is 20.6 Å². The molecular formula is C8H20N2. The van der Waals surface area contributed by atoms with Crippen molar-refractivity contribution in [2.45, 2.75) is 26.3 Å². The Kier molecular flexibility index (Phi) is 3.16. The van der Waals surface area contributed by atoms with Gasteiger partial charge in [-0.05, 0) is 33.4 Å². The van der Waals surface area contributed by atoms with Crippen molar-refractivity contribution in [3.63, 3.8) is 0 Å². The van der Waals surface area contributed by atoms with Gasteiger partial charge in [-0.3, -0.25) is 4.90 Å². The second-order valence-corrected chi connectivity index (χ2v) is 3.23. The molecule has 1 aliphatic rings. The molecule has 1 aliphatic heterocycles. The summed E-state index contributed by atoms with van der Waals surface area (Å²) in [7, 11) is 0. The number of nitrogens with zero attached hydrogens (tertiary/aromatic N) is 1. The number of rotatable bonds is 1. The first-order valence-electron chi connectivity index (χ1n) is 4.25. The molecule has 1 saturated heterocycles. The minimum Gasteiger partial charge on any atom is -0.315 e. The van der Waals surface area contributed by atoms with Gasteiger partial charge in [-0.1, -0.05) is 0 Å². The summed E-state index contributed by atoms with van der Waals surface area (Å²) in [5.74, 6) is 0. The maximum Gasteiger partial charge on any atom is 0.0110 e. The molecule has 0 aromatic carbocycles. The van der Waals surface area contributed by atoms with Gasteiger partial charge in [-0.15, -0.1) is 0 Å². The summed E-state index contributed by atoms with van der Waals surface area (Å²) < 4.78 is 0. The SMILES string of the molecule is CC(C)N1CCCNCC1.[HH]. The van der Waals surface area contributed by atoms with Gasteiger partial charge >= 0.3 is 0 Å². The van der Waals surface area contributed by atoms with E-state index in [4.69, 9.17) is 0 Å². The van der Waals surface area contributed by atoms with Gasteiger partial charge in [0.2, 0.25) is 0 Å². The highest BCUT2D eigenvalue weighted by molar-refractivity contribution is 4.68. The van der Waals surface area contributed by atoms with Crippen LogP contribution in [0.2, 0.25) is 0 Å². The molecule has 2 heteroatoms. The van der Waals surface area contributed by atoms with E-state index in [-0.39, 0.29) is 1.43 Å². The van der Waals surface area contributed by atoms with E-state index in [0.29, 0.717) is 0 Å². The van der Waals surface area contributed by atoms with Crippen LogP contribution in [-0.2, 0) is 0 Å². The third kappa shape index (κ3) is 2.27. The van der Waals surface area contributed by atoms with Crippen LogP contribution in [0.25, 0.3) is 0 Å². The molecule has 10 heavy (non-hydrogen) atoms. The van der Waals surface area contributed by atoms with Crippen molar-refractivity contribution in [3.05, 3.63) is 0 Å². The van der Waals surface area contributed by atoms with Crippen molar-refractivity contribution in [1.82, 2.24) is 10.2 Å². The lowest BCUT2D eigenvalue weighted by Crippen LogP contribution is -2.33. The summed E-state index contributed by atoms with van der Waals surface area (Å²) >= 11 is 0. The normalized spacial score (nSPS) is 23.1. The zero-order valence-corrected chi connectivity index (χ0v) is 7.06. The standard InChI is InChI=1S/C8H18N2.H2/c1-8(2)10-6-3-4-9-5-7-10;/h8-9H,3-7H2,1-2H3;1H. The maximum atomic E-state index is 3.39. The van der Waals surface area contributed by atoms with Crippen LogP contribution in [0.4, 0.5) is 0 Å². The van der Waals surface area contributed by atoms with Crippen LogP contribution in [-0.4, -0.2) is 37.1 Å². The second kappa shape index (κ2) is 3.94. The lowest BCUT2D eigenvalue weighted by Gasteiger charge is -2.23. The molecule has 62 valence electrons. The summed E-state index contributed by atoms with van der Waals surface area (Å²) in [6.45, 7) is 9.39. The van der Waals surface area contributed by atoms with Crippen LogP contribution in [0.15, 0.2) is 0 Å². The van der Waals surface area contributed by atoms with Gasteiger partial charge in [0.25, 0.3) is 0 Å². The molecule has 1 N–H and O–H groups in total. The molecule has 0 spiro atoms. The molecule has 0 amide bonds. The Morgan fingerprint density at radius 1 is 1.30 bits per heavy atom. The first-order valence-corrected chi connectivity index (χ1v) is 4.25. The first-order chi connectivity index (χ1) is 4.80. The van der Waals surface area contributed by atoms with E-state index in [2.05, 4.69) is 24.1 Å². The van der Waals surface area contributed by atoms with E-state index in [1.165, 1.54) is 26.1 Å². The van der Waals surface area contributed by atoms with Gasteiger partial charge in [0.15, 0.2) is 0 Å². The fraction of sp³-hybridized carbons (Fsp3) is 1.00. The molecule has 0 atom stereocenters. The Balaban J connectivity index is 0.000001000. The molecule has 0 unspecified atom stereocenters. The van der Waals surface area contributed by atoms with Gasteiger partial charge in [-0.2, -0.15) is 0 Å². The molecule has 0 radical (unpaired) electrons. The van der Waals surface area contributed by atoms with Crippen molar-refractivity contribution in [1.29, 1.82) is 0 Å². The highest BCUT2D eigenvalue weighted by Gasteiger charge is 2.10. The fourth-order valence-corrected chi connectivity index (χ4v) is 1.38. The minimum atomic E-state index is 0. The summed E-state index contributed by atoms with van der Waals surface area (Å²) in [6, 6.07) is 0.722. The fourth-order valence-electron chi connectivity index (χ4n) is 1.38. The van der Waals surface area contributed by atoms with E-state index in [9.17, 15) is 0 Å². The zero-order chi connectivity index (χ0) is 7.40. The quantitative estimate of drug-likeness (QED) is 0.589. The predicted molar refractivity (Wildman–Crippen MR) is 46.3 cm³/mol. The smallest absolute Gasteiger partial charge is 0.0110 e. The van der Waals surface area contributed by atoms with Crippen LogP contribution < -0.4 is 5.32 Å². The molecule has 1 rings (SSSR count). The third-order valence-electron chi connectivity index (χ3n) is 2.10. The molecule has 0 aliphatic carbocycles. The summed E-state index contributed by atoms with van der Waals surface area (Å²) in [4.78, 5) is 2.53. The monoisotopic (exact) mass is 144 g/mol. The molecule has 0 aromatic rings. The number of hydrogen-bond donors (Lipinski definition) is 1. The molecule has 0 aromatic heterocycles. The van der Waals surface area contributed by atoms with E-state index < -0.39 is 0 Å². The first kappa shape index (κ1) is 8.02. The van der Waals surface area contributed by atoms with Crippen LogP contribution in [0, 0.1) is 0 Å². The molecule has 2 nitrogen and oxygen atoms in total. The van der Waals surface area contributed by atoms with E-state index in [1.54, 1.807) is 0 Å². The van der Waals surface area contributed by atoms with Crippen molar-refractivity contribution in [3.8, 4) is 0 Å². The zero-order valence-electron chi connectivity index (χ0n) is 7.06. The lowest BCUT2D eigenvalue weighted by atomic mass is 10.3. The second-order valence-electron chi connectivity index (χ2n) is 3.23. The predicted octanol–water partition coefficient (Wildman–Crippen LogP) is 0.936. The third-order valence-corrected chi connectivity index (χ3v) is 2.10. The van der Waals surface area contributed by atoms with Gasteiger partial charge in [-0.25, -0.2) is 0 Å². The highest BCUT2D eigenvalue weighted by atomic mass is 15.2. The van der Waals surface area contributed by atoms with Crippen molar-refractivity contribution in [2.75, 3.05) is 26.2 Å². The van der Waals surface area contributed by atoms with Crippen LogP contribution in [0.5, 0.6) is 0 Å². The van der Waals surface area contributed by atoms with Crippen molar-refractivity contribution >= 4 is 0 Å². The Labute approximate surface area is 65.1 Å². The molecule has 1 heterocycles. The van der Waals surface area contributed by atoms with Gasteiger partial charge in [0.05, 0.1) is 0 Å². The van der Waals surface area contributed by atoms with Gasteiger partial charge < -0.3 is 5.32 Å². The summed E-state index contributed by atoms with van der Waals surface area (Å²) in [5.41, 5.74) is 0. The average molecular weight is 144 g/mol. The topological polar surface area (TPSA) is 15.3 Å². The van der Waals surface area contributed by atoms with Crippen molar-refractivity contribution < 1.29 is 1.43 Å². The lowest BCUT2D eigenvalue weighted by molar-refractivity contribution is 0.237. The van der Waals surface area contributed by atoms with Crippen molar-refractivity contribution in [2.24, 2.45) is 0 Å². The molecule has 0 bridgehead atoms. The number of hydrogen-bond acceptors (Lipinski definition) is 2. The largest absolute Gasteiger partial charge is 0.315 e. The Hall–Kier alpha value is -0.0800. The molecule has 0 saturated carbocycles. The maximum absolute atomic E-state index is 3.39. The summed E-state index contributed by atoms with van der Waals surface area (Å²) in [6.07, 6.45) is 1.30. The van der Waals surface area contributed by atoms with E-state index in [0.717, 1.165) is 12.6 Å². The Morgan fingerprint density at radius 3 is 2.80 bits per heavy atom. The van der Waals surface area contributed by atoms with E-state index in [1.807, 2.05) is 0 Å². The Morgan fingerprint density at radius 2 is 2.10 bits per heavy atom. The summed E-state index contributed by atoms with van der Waals surface area (Å²) in [5, 5.41) is 3.39. The van der Waals surface area contributed by atoms with Crippen LogP contribution >= 0.6 is 0 Å². The average Bonchev–Trinajstić information content (AvgIpc) is 2.12. The molecule has 1 fully saturated rings. The van der Waals surface area contributed by atoms with Crippen LogP contribution in [0.1, 0.15) is 21.7 Å². The highest BCUT2D eigenvalue weighted by Crippen LogP contribution is 2.00.